The lowest BCUT2D eigenvalue weighted by atomic mass is 10.1. The number of ketones is 1. The summed E-state index contributed by atoms with van der Waals surface area (Å²) in [6.45, 7) is 1.94. The number of carbonyl (C=O) groups is 1. The molecule has 0 amide bonds. The topological polar surface area (TPSA) is 51.2 Å². The number of hydrogen-bond acceptors (Lipinski definition) is 3. The highest BCUT2D eigenvalue weighted by atomic mass is 32.2. The van der Waals surface area contributed by atoms with Gasteiger partial charge in [0.15, 0.2) is 5.78 Å². The Labute approximate surface area is 113 Å². The van der Waals surface area contributed by atoms with E-state index < -0.39 is 15.7 Å². The fourth-order valence-electron chi connectivity index (χ4n) is 1.70. The van der Waals surface area contributed by atoms with Crippen LogP contribution in [0.1, 0.15) is 43.0 Å². The summed E-state index contributed by atoms with van der Waals surface area (Å²) in [5, 5.41) is 0. The van der Waals surface area contributed by atoms with Crippen molar-refractivity contribution in [2.24, 2.45) is 0 Å². The van der Waals surface area contributed by atoms with Gasteiger partial charge in [-0.15, -0.1) is 0 Å². The van der Waals surface area contributed by atoms with Crippen LogP contribution in [0, 0.1) is 5.82 Å². The van der Waals surface area contributed by atoms with Crippen LogP contribution in [0.15, 0.2) is 24.3 Å². The van der Waals surface area contributed by atoms with Gasteiger partial charge in [0, 0.05) is 12.0 Å². The maximum atomic E-state index is 12.7. The lowest BCUT2D eigenvalue weighted by Crippen LogP contribution is -2.12. The summed E-state index contributed by atoms with van der Waals surface area (Å²) in [5.74, 6) is -0.307. The molecule has 0 N–H and O–H groups in total. The first-order valence-electron chi connectivity index (χ1n) is 6.44. The number of hydrogen-bond donors (Lipinski definition) is 0. The van der Waals surface area contributed by atoms with Gasteiger partial charge in [-0.3, -0.25) is 4.79 Å². The van der Waals surface area contributed by atoms with Crippen LogP contribution >= 0.6 is 0 Å². The molecule has 0 radical (unpaired) electrons. The standard InChI is InChI=1S/C14H19FO3S/c1-2-3-10-19(17,18)11-4-5-14(16)12-6-8-13(15)9-7-12/h6-9H,2-5,10-11H2,1H3. The Morgan fingerprint density at radius 1 is 1.11 bits per heavy atom. The zero-order valence-corrected chi connectivity index (χ0v) is 11.9. The van der Waals surface area contributed by atoms with Crippen molar-refractivity contribution in [3.05, 3.63) is 35.6 Å². The number of sulfone groups is 1. The van der Waals surface area contributed by atoms with Gasteiger partial charge in [0.25, 0.3) is 0 Å². The molecule has 0 aliphatic heterocycles. The van der Waals surface area contributed by atoms with Crippen LogP contribution in [0.2, 0.25) is 0 Å². The molecule has 3 nitrogen and oxygen atoms in total. The fraction of sp³-hybridized carbons (Fsp3) is 0.500. The quantitative estimate of drug-likeness (QED) is 0.690. The molecule has 19 heavy (non-hydrogen) atoms. The Morgan fingerprint density at radius 2 is 1.68 bits per heavy atom. The van der Waals surface area contributed by atoms with Crippen molar-refractivity contribution < 1.29 is 17.6 Å². The minimum Gasteiger partial charge on any atom is -0.294 e. The Balaban J connectivity index is 2.41. The first-order valence-corrected chi connectivity index (χ1v) is 8.26. The van der Waals surface area contributed by atoms with E-state index in [4.69, 9.17) is 0 Å². The van der Waals surface area contributed by atoms with Crippen LogP contribution in [0.25, 0.3) is 0 Å². The Hall–Kier alpha value is -1.23. The summed E-state index contributed by atoms with van der Waals surface area (Å²) < 4.78 is 35.9. The maximum absolute atomic E-state index is 12.7. The minimum absolute atomic E-state index is 0.0416. The van der Waals surface area contributed by atoms with Crippen molar-refractivity contribution in [2.75, 3.05) is 11.5 Å². The van der Waals surface area contributed by atoms with Gasteiger partial charge in [0.1, 0.15) is 15.7 Å². The van der Waals surface area contributed by atoms with Crippen LogP contribution in [0.3, 0.4) is 0 Å². The van der Waals surface area contributed by atoms with E-state index in [0.717, 1.165) is 6.42 Å². The number of rotatable bonds is 8. The Bertz CT molecular complexity index is 506. The highest BCUT2D eigenvalue weighted by molar-refractivity contribution is 7.91. The Morgan fingerprint density at radius 3 is 2.26 bits per heavy atom. The number of carbonyl (C=O) groups excluding carboxylic acids is 1. The highest BCUT2D eigenvalue weighted by Gasteiger charge is 2.12. The van der Waals surface area contributed by atoms with E-state index in [1.54, 1.807) is 0 Å². The molecule has 1 aromatic carbocycles. The van der Waals surface area contributed by atoms with Crippen molar-refractivity contribution in [3.8, 4) is 0 Å². The van der Waals surface area contributed by atoms with Crippen LogP contribution in [0.5, 0.6) is 0 Å². The molecular formula is C14H19FO3S. The monoisotopic (exact) mass is 286 g/mol. The normalized spacial score (nSPS) is 11.5. The van der Waals surface area contributed by atoms with Crippen LogP contribution in [0.4, 0.5) is 4.39 Å². The highest BCUT2D eigenvalue weighted by Crippen LogP contribution is 2.09. The molecule has 0 spiro atoms. The number of halogens is 1. The molecule has 0 aliphatic carbocycles. The predicted molar refractivity (Wildman–Crippen MR) is 73.5 cm³/mol. The van der Waals surface area contributed by atoms with E-state index in [0.29, 0.717) is 18.4 Å². The third kappa shape index (κ3) is 5.96. The van der Waals surface area contributed by atoms with Gasteiger partial charge in [0.05, 0.1) is 11.5 Å². The molecule has 106 valence electrons. The summed E-state index contributed by atoms with van der Waals surface area (Å²) in [6, 6.07) is 5.29. The molecule has 0 unspecified atom stereocenters. The van der Waals surface area contributed by atoms with Gasteiger partial charge < -0.3 is 0 Å². The lowest BCUT2D eigenvalue weighted by Gasteiger charge is -2.03. The average Bonchev–Trinajstić information content (AvgIpc) is 2.37. The zero-order chi connectivity index (χ0) is 14.3. The second kappa shape index (κ2) is 7.38. The molecule has 0 aromatic heterocycles. The van der Waals surface area contributed by atoms with Gasteiger partial charge >= 0.3 is 0 Å². The number of Topliss-reactive ketones (excluding diaryl/α,β-unsaturated/α-hetero) is 1. The summed E-state index contributed by atoms with van der Waals surface area (Å²) in [4.78, 5) is 11.7. The largest absolute Gasteiger partial charge is 0.294 e. The van der Waals surface area contributed by atoms with E-state index in [2.05, 4.69) is 0 Å². The van der Waals surface area contributed by atoms with Gasteiger partial charge in [-0.2, -0.15) is 0 Å². The molecule has 0 saturated heterocycles. The molecule has 5 heteroatoms. The second-order valence-electron chi connectivity index (χ2n) is 4.54. The van der Waals surface area contributed by atoms with Gasteiger partial charge in [-0.1, -0.05) is 13.3 Å². The molecule has 0 aliphatic rings. The number of benzene rings is 1. The summed E-state index contributed by atoms with van der Waals surface area (Å²) in [7, 11) is -3.04. The first kappa shape index (κ1) is 15.8. The Kier molecular flexibility index (Phi) is 6.15. The van der Waals surface area contributed by atoms with Gasteiger partial charge in [-0.25, -0.2) is 12.8 Å². The van der Waals surface area contributed by atoms with Crippen molar-refractivity contribution in [1.82, 2.24) is 0 Å². The summed E-state index contributed by atoms with van der Waals surface area (Å²) in [5.41, 5.74) is 0.423. The van der Waals surface area contributed by atoms with Gasteiger partial charge in [-0.05, 0) is 37.1 Å². The molecule has 0 heterocycles. The predicted octanol–water partition coefficient (Wildman–Crippen LogP) is 3.00. The maximum Gasteiger partial charge on any atom is 0.162 e. The van der Waals surface area contributed by atoms with Crippen molar-refractivity contribution in [3.63, 3.8) is 0 Å². The third-order valence-electron chi connectivity index (χ3n) is 2.83. The first-order chi connectivity index (χ1) is 8.94. The molecule has 0 fully saturated rings. The second-order valence-corrected chi connectivity index (χ2v) is 6.84. The average molecular weight is 286 g/mol. The lowest BCUT2D eigenvalue weighted by molar-refractivity contribution is 0.0982. The zero-order valence-electron chi connectivity index (χ0n) is 11.1. The molecule has 1 aromatic rings. The van der Waals surface area contributed by atoms with E-state index in [1.807, 2.05) is 6.92 Å². The summed E-state index contributed by atoms with van der Waals surface area (Å²) >= 11 is 0. The van der Waals surface area contributed by atoms with Crippen molar-refractivity contribution in [2.45, 2.75) is 32.6 Å². The van der Waals surface area contributed by atoms with Gasteiger partial charge in [0.2, 0.25) is 0 Å². The number of unbranched alkanes of at least 4 members (excludes halogenated alkanes) is 1. The molecule has 0 bridgehead atoms. The van der Waals surface area contributed by atoms with Crippen LogP contribution in [-0.4, -0.2) is 25.7 Å². The van der Waals surface area contributed by atoms with Crippen LogP contribution in [-0.2, 0) is 9.84 Å². The van der Waals surface area contributed by atoms with Crippen LogP contribution < -0.4 is 0 Å². The van der Waals surface area contributed by atoms with Crippen molar-refractivity contribution in [1.29, 1.82) is 0 Å². The minimum atomic E-state index is -3.04. The fourth-order valence-corrected chi connectivity index (χ4v) is 3.22. The molecule has 0 saturated carbocycles. The van der Waals surface area contributed by atoms with E-state index in [-0.39, 0.29) is 23.7 Å². The van der Waals surface area contributed by atoms with E-state index in [9.17, 15) is 17.6 Å². The van der Waals surface area contributed by atoms with E-state index >= 15 is 0 Å². The summed E-state index contributed by atoms with van der Waals surface area (Å²) in [6.07, 6.45) is 2.00. The molecular weight excluding hydrogens is 267 g/mol. The molecule has 1 rings (SSSR count). The molecule has 0 atom stereocenters. The van der Waals surface area contributed by atoms with Crippen molar-refractivity contribution >= 4 is 15.6 Å². The SMILES string of the molecule is CCCCS(=O)(=O)CCCC(=O)c1ccc(F)cc1. The smallest absolute Gasteiger partial charge is 0.162 e. The third-order valence-corrected chi connectivity index (χ3v) is 4.66. The van der Waals surface area contributed by atoms with E-state index in [1.165, 1.54) is 24.3 Å².